The molecule has 0 fully saturated rings. The summed E-state index contributed by atoms with van der Waals surface area (Å²) >= 11 is 1.95. The van der Waals surface area contributed by atoms with Crippen LogP contribution in [0.25, 0.3) is 0 Å². The molecule has 0 aliphatic heterocycles. The Morgan fingerprint density at radius 2 is 2.42 bits per heavy atom. The molecule has 1 aromatic rings. The van der Waals surface area contributed by atoms with Crippen LogP contribution in [-0.4, -0.2) is 16.7 Å². The lowest BCUT2D eigenvalue weighted by Crippen LogP contribution is -2.26. The number of hydrogen-bond donors (Lipinski definition) is 0. The first-order valence-corrected chi connectivity index (χ1v) is 4.45. The minimum atomic E-state index is -0.0510. The average Bonchev–Trinajstić information content (AvgIpc) is 2.06. The van der Waals surface area contributed by atoms with Crippen LogP contribution < -0.4 is 5.56 Å². The van der Waals surface area contributed by atoms with Crippen molar-refractivity contribution in [1.29, 1.82) is 0 Å². The van der Waals surface area contributed by atoms with Crippen LogP contribution in [0.2, 0.25) is 0 Å². The van der Waals surface area contributed by atoms with Crippen molar-refractivity contribution in [3.63, 3.8) is 0 Å². The normalized spacial score (nSPS) is 10.2. The predicted molar refractivity (Wildman–Crippen MR) is 53.0 cm³/mol. The van der Waals surface area contributed by atoms with Gasteiger partial charge in [0.2, 0.25) is 0 Å². The molecule has 0 aliphatic rings. The number of nitrogens with zero attached hydrogens (tertiary/aromatic N) is 2. The van der Waals surface area contributed by atoms with Gasteiger partial charge in [-0.15, -0.1) is 0 Å². The third-order valence-electron chi connectivity index (χ3n) is 1.46. The maximum absolute atomic E-state index is 11.4. The molecule has 0 atom stereocenters. The first-order chi connectivity index (χ1) is 5.66. The Bertz CT molecular complexity index is 335. The lowest BCUT2D eigenvalue weighted by atomic mass is 10.5. The van der Waals surface area contributed by atoms with Crippen LogP contribution in [0.5, 0.6) is 0 Å². The Balaban J connectivity index is 3.24. The van der Waals surface area contributed by atoms with Crippen molar-refractivity contribution in [3.8, 4) is 0 Å². The summed E-state index contributed by atoms with van der Waals surface area (Å²) in [6, 6.07) is 0. The first-order valence-electron chi connectivity index (χ1n) is 3.37. The lowest BCUT2D eigenvalue weighted by molar-refractivity contribution is 0.125. The quantitative estimate of drug-likeness (QED) is 0.751. The molecule has 66 valence electrons. The smallest absolute Gasteiger partial charge is 0.268 e. The Morgan fingerprint density at radius 1 is 1.75 bits per heavy atom. The number of ether oxygens (including phenoxy) is 1. The summed E-state index contributed by atoms with van der Waals surface area (Å²) in [7, 11) is 1.55. The Morgan fingerprint density at radius 3 is 3.00 bits per heavy atom. The Hall–Kier alpha value is -0.430. The zero-order valence-electron chi connectivity index (χ0n) is 6.87. The summed E-state index contributed by atoms with van der Waals surface area (Å²) in [5, 5.41) is 0. The van der Waals surface area contributed by atoms with Gasteiger partial charge < -0.3 is 4.74 Å². The van der Waals surface area contributed by atoms with E-state index in [4.69, 9.17) is 4.74 Å². The molecule has 1 heterocycles. The minimum absolute atomic E-state index is 0.0510. The molecular weight excluding hydrogens is 271 g/mol. The molecule has 0 spiro atoms. The molecule has 0 aliphatic carbocycles. The topological polar surface area (TPSA) is 44.1 Å². The number of rotatable bonds is 2. The van der Waals surface area contributed by atoms with E-state index in [0.717, 1.165) is 0 Å². The summed E-state index contributed by atoms with van der Waals surface area (Å²) in [4.78, 5) is 15.4. The summed E-state index contributed by atoms with van der Waals surface area (Å²) in [6.45, 7) is 2.03. The van der Waals surface area contributed by atoms with E-state index >= 15 is 0 Å². The van der Waals surface area contributed by atoms with Crippen LogP contribution >= 0.6 is 22.6 Å². The molecule has 1 aromatic heterocycles. The van der Waals surface area contributed by atoms with Gasteiger partial charge in [0.1, 0.15) is 12.6 Å². The maximum Gasteiger partial charge on any atom is 0.268 e. The fourth-order valence-corrected chi connectivity index (χ4v) is 1.26. The second-order valence-electron chi connectivity index (χ2n) is 2.30. The van der Waals surface area contributed by atoms with Gasteiger partial charge >= 0.3 is 0 Å². The summed E-state index contributed by atoms with van der Waals surface area (Å²) in [6.07, 6.45) is 1.56. The van der Waals surface area contributed by atoms with Crippen molar-refractivity contribution in [2.45, 2.75) is 13.7 Å². The SMILES string of the molecule is COCn1c(C)ncc(I)c1=O. The number of halogens is 1. The fourth-order valence-electron chi connectivity index (χ4n) is 0.832. The van der Waals surface area contributed by atoms with E-state index in [0.29, 0.717) is 9.39 Å². The van der Waals surface area contributed by atoms with Crippen LogP contribution in [-0.2, 0) is 11.5 Å². The monoisotopic (exact) mass is 280 g/mol. The van der Waals surface area contributed by atoms with Crippen LogP contribution in [0.1, 0.15) is 5.82 Å². The second-order valence-corrected chi connectivity index (χ2v) is 3.47. The maximum atomic E-state index is 11.4. The van der Waals surface area contributed by atoms with E-state index in [1.807, 2.05) is 22.6 Å². The van der Waals surface area contributed by atoms with Gasteiger partial charge in [-0.25, -0.2) is 4.98 Å². The van der Waals surface area contributed by atoms with Gasteiger partial charge in [0.05, 0.1) is 3.57 Å². The van der Waals surface area contributed by atoms with Crippen LogP contribution in [0.15, 0.2) is 11.0 Å². The fraction of sp³-hybridized carbons (Fsp3) is 0.429. The number of aromatic nitrogens is 2. The van der Waals surface area contributed by atoms with Crippen molar-refractivity contribution in [1.82, 2.24) is 9.55 Å². The molecule has 0 saturated carbocycles. The van der Waals surface area contributed by atoms with Crippen molar-refractivity contribution >= 4 is 22.6 Å². The highest BCUT2D eigenvalue weighted by atomic mass is 127. The molecule has 0 N–H and O–H groups in total. The van der Waals surface area contributed by atoms with Gasteiger partial charge in [0.15, 0.2) is 0 Å². The predicted octanol–water partition coefficient (Wildman–Crippen LogP) is 0.760. The molecule has 0 radical (unpaired) electrons. The molecule has 0 saturated heterocycles. The van der Waals surface area contributed by atoms with Crippen LogP contribution in [0.3, 0.4) is 0 Å². The van der Waals surface area contributed by atoms with Crippen molar-refractivity contribution < 1.29 is 4.74 Å². The van der Waals surface area contributed by atoms with E-state index in [-0.39, 0.29) is 12.3 Å². The number of hydrogen-bond acceptors (Lipinski definition) is 3. The van der Waals surface area contributed by atoms with Crippen molar-refractivity contribution in [2.24, 2.45) is 0 Å². The van der Waals surface area contributed by atoms with E-state index in [1.165, 1.54) is 4.57 Å². The molecule has 12 heavy (non-hydrogen) atoms. The molecule has 0 unspecified atom stereocenters. The van der Waals surface area contributed by atoms with Crippen molar-refractivity contribution in [3.05, 3.63) is 25.9 Å². The largest absolute Gasteiger partial charge is 0.364 e. The van der Waals surface area contributed by atoms with Crippen molar-refractivity contribution in [2.75, 3.05) is 7.11 Å². The molecule has 1 rings (SSSR count). The van der Waals surface area contributed by atoms with Gasteiger partial charge in [-0.05, 0) is 29.5 Å². The summed E-state index contributed by atoms with van der Waals surface area (Å²) in [5.74, 6) is 0.669. The summed E-state index contributed by atoms with van der Waals surface area (Å²) in [5.41, 5.74) is -0.0510. The highest BCUT2D eigenvalue weighted by Gasteiger charge is 2.03. The lowest BCUT2D eigenvalue weighted by Gasteiger charge is -2.06. The number of aryl methyl sites for hydroxylation is 1. The molecule has 0 bridgehead atoms. The highest BCUT2D eigenvalue weighted by molar-refractivity contribution is 14.1. The number of methoxy groups -OCH3 is 1. The van der Waals surface area contributed by atoms with Crippen LogP contribution in [0.4, 0.5) is 0 Å². The molecule has 0 aromatic carbocycles. The Kier molecular flexibility index (Phi) is 3.21. The van der Waals surface area contributed by atoms with E-state index in [2.05, 4.69) is 4.98 Å². The van der Waals surface area contributed by atoms with E-state index < -0.39 is 0 Å². The molecule has 0 amide bonds. The van der Waals surface area contributed by atoms with E-state index in [1.54, 1.807) is 20.2 Å². The molecule has 4 nitrogen and oxygen atoms in total. The molecular formula is C7H9IN2O2. The van der Waals surface area contributed by atoms with Crippen LogP contribution in [0, 0.1) is 10.5 Å². The third-order valence-corrected chi connectivity index (χ3v) is 2.20. The van der Waals surface area contributed by atoms with Gasteiger partial charge in [-0.1, -0.05) is 0 Å². The highest BCUT2D eigenvalue weighted by Crippen LogP contribution is 1.96. The molecule has 5 heteroatoms. The summed E-state index contributed by atoms with van der Waals surface area (Å²) < 4.78 is 6.96. The van der Waals surface area contributed by atoms with E-state index in [9.17, 15) is 4.79 Å². The average molecular weight is 280 g/mol. The standard InChI is InChI=1S/C7H9IN2O2/c1-5-9-3-6(8)7(11)10(5)4-12-2/h3H,4H2,1-2H3. The van der Waals surface area contributed by atoms with Gasteiger partial charge in [0.25, 0.3) is 5.56 Å². The first kappa shape index (κ1) is 9.66. The zero-order chi connectivity index (χ0) is 9.14. The minimum Gasteiger partial charge on any atom is -0.364 e. The van der Waals surface area contributed by atoms with Gasteiger partial charge in [-0.3, -0.25) is 9.36 Å². The Labute approximate surface area is 83.7 Å². The zero-order valence-corrected chi connectivity index (χ0v) is 9.03. The van der Waals surface area contributed by atoms with Gasteiger partial charge in [0, 0.05) is 13.3 Å². The van der Waals surface area contributed by atoms with Gasteiger partial charge in [-0.2, -0.15) is 0 Å². The second kappa shape index (κ2) is 3.99. The third kappa shape index (κ3) is 1.84.